The van der Waals surface area contributed by atoms with Crippen molar-refractivity contribution in [2.45, 2.75) is 19.9 Å². The third-order valence-electron chi connectivity index (χ3n) is 2.81. The Morgan fingerprint density at radius 3 is 2.64 bits per heavy atom. The molecule has 3 nitrogen and oxygen atoms in total. The van der Waals surface area contributed by atoms with Crippen LogP contribution in [-0.4, -0.2) is 17.6 Å². The minimum atomic E-state index is -2.72. The summed E-state index contributed by atoms with van der Waals surface area (Å²) in [4.78, 5) is 11.7. The van der Waals surface area contributed by atoms with Gasteiger partial charge in [0.05, 0.1) is 19.0 Å². The Bertz CT molecular complexity index is 689. The topological polar surface area (TPSA) is 31.2 Å². The van der Waals surface area contributed by atoms with Crippen LogP contribution in [0.5, 0.6) is 5.75 Å². The number of hydrogen-bond acceptors (Lipinski definition) is 2. The quantitative estimate of drug-likeness (QED) is 0.741. The number of halogens is 3. The monoisotopic (exact) mass is 385 g/mol. The molecule has 2 rings (SSSR count). The van der Waals surface area contributed by atoms with E-state index in [-0.39, 0.29) is 44.0 Å². The number of pyridine rings is 1. The number of benzene rings is 1. The summed E-state index contributed by atoms with van der Waals surface area (Å²) in [5.74, 6) is -0.330. The van der Waals surface area contributed by atoms with E-state index in [1.54, 1.807) is 6.92 Å². The molecule has 0 amide bonds. The maximum Gasteiger partial charge on any atom is 0.256 e. The number of alkyl halides is 2. The first-order chi connectivity index (χ1) is 10.0. The zero-order chi connectivity index (χ0) is 15.4. The van der Waals surface area contributed by atoms with Gasteiger partial charge in [0.2, 0.25) is 0 Å². The molecule has 0 bridgehead atoms. The van der Waals surface area contributed by atoms with Crippen LogP contribution >= 0.6 is 0 Å². The fraction of sp³-hybridized carbons (Fsp3) is 0.267. The molecular formula is C15H13F3NO2Y-. The van der Waals surface area contributed by atoms with Gasteiger partial charge in [-0.3, -0.25) is 4.79 Å². The van der Waals surface area contributed by atoms with Crippen molar-refractivity contribution in [2.75, 3.05) is 6.61 Å². The van der Waals surface area contributed by atoms with Crippen LogP contribution in [0.25, 0.3) is 11.3 Å². The Balaban J connectivity index is 0.00000242. The number of ether oxygens (including phenoxy) is 1. The Hall–Kier alpha value is -1.14. The van der Waals surface area contributed by atoms with Crippen LogP contribution in [0.3, 0.4) is 0 Å². The van der Waals surface area contributed by atoms with Gasteiger partial charge in [0.25, 0.3) is 6.43 Å². The second-order valence-electron chi connectivity index (χ2n) is 4.24. The molecule has 0 aliphatic rings. The molecule has 2 aromatic rings. The number of rotatable bonds is 5. The number of nitrogens with zero attached hydrogens (tertiary/aromatic N) is 1. The minimum absolute atomic E-state index is 0. The van der Waals surface area contributed by atoms with Gasteiger partial charge in [-0.25, -0.2) is 13.2 Å². The first-order valence-electron chi connectivity index (χ1n) is 6.35. The van der Waals surface area contributed by atoms with Crippen LogP contribution < -0.4 is 10.3 Å². The van der Waals surface area contributed by atoms with E-state index < -0.39 is 24.3 Å². The van der Waals surface area contributed by atoms with Gasteiger partial charge in [-0.15, -0.1) is 6.07 Å². The Morgan fingerprint density at radius 2 is 2.05 bits per heavy atom. The van der Waals surface area contributed by atoms with Crippen LogP contribution in [-0.2, 0) is 39.3 Å². The van der Waals surface area contributed by atoms with E-state index in [2.05, 4.69) is 6.07 Å². The molecule has 1 aromatic carbocycles. The SMILES string of the molecule is CCOc1ccc(-c2[c-]ccc(=O)n2CC(F)F)c(F)c1.[Y]. The second-order valence-corrected chi connectivity index (χ2v) is 4.24. The summed E-state index contributed by atoms with van der Waals surface area (Å²) >= 11 is 0. The minimum Gasteiger partial charge on any atom is -0.494 e. The van der Waals surface area contributed by atoms with Gasteiger partial charge in [0.1, 0.15) is 5.75 Å². The van der Waals surface area contributed by atoms with Gasteiger partial charge in [-0.2, -0.15) is 12.1 Å². The maximum atomic E-state index is 14.1. The van der Waals surface area contributed by atoms with Crippen LogP contribution in [0.4, 0.5) is 13.2 Å². The molecule has 22 heavy (non-hydrogen) atoms. The van der Waals surface area contributed by atoms with Crippen molar-refractivity contribution < 1.29 is 50.6 Å². The molecule has 1 aromatic heterocycles. The molecule has 0 spiro atoms. The van der Waals surface area contributed by atoms with E-state index in [0.717, 1.165) is 16.7 Å². The molecule has 7 heteroatoms. The van der Waals surface area contributed by atoms with Crippen LogP contribution in [0.2, 0.25) is 0 Å². The molecule has 1 radical (unpaired) electrons. The van der Waals surface area contributed by atoms with Crippen molar-refractivity contribution in [1.82, 2.24) is 4.57 Å². The summed E-state index contributed by atoms with van der Waals surface area (Å²) < 4.78 is 45.2. The Morgan fingerprint density at radius 1 is 1.32 bits per heavy atom. The fourth-order valence-electron chi connectivity index (χ4n) is 1.96. The fourth-order valence-corrected chi connectivity index (χ4v) is 1.96. The molecule has 0 saturated heterocycles. The van der Waals surface area contributed by atoms with Crippen LogP contribution in [0.15, 0.2) is 35.1 Å². The predicted octanol–water partition coefficient (Wildman–Crippen LogP) is 3.12. The zero-order valence-electron chi connectivity index (χ0n) is 11.9. The number of aromatic nitrogens is 1. The summed E-state index contributed by atoms with van der Waals surface area (Å²) in [6.45, 7) is 1.33. The normalized spacial score (nSPS) is 10.4. The Labute approximate surface area is 151 Å². The molecule has 0 fully saturated rings. The summed E-state index contributed by atoms with van der Waals surface area (Å²) in [7, 11) is 0. The second kappa shape index (κ2) is 8.48. The molecule has 0 saturated carbocycles. The van der Waals surface area contributed by atoms with Gasteiger partial charge >= 0.3 is 0 Å². The molecule has 0 N–H and O–H groups in total. The third-order valence-corrected chi connectivity index (χ3v) is 2.81. The van der Waals surface area contributed by atoms with Gasteiger partial charge in [0.15, 0.2) is 5.56 Å². The van der Waals surface area contributed by atoms with Crippen LogP contribution in [0.1, 0.15) is 6.92 Å². The number of hydrogen-bond donors (Lipinski definition) is 0. The maximum absolute atomic E-state index is 14.1. The van der Waals surface area contributed by atoms with Gasteiger partial charge < -0.3 is 9.30 Å². The predicted molar refractivity (Wildman–Crippen MR) is 72.1 cm³/mol. The van der Waals surface area contributed by atoms with Gasteiger partial charge in [-0.05, 0) is 13.0 Å². The molecular weight excluding hydrogens is 372 g/mol. The average molecular weight is 385 g/mol. The van der Waals surface area contributed by atoms with Crippen LogP contribution in [0, 0.1) is 11.9 Å². The first kappa shape index (κ1) is 18.9. The van der Waals surface area contributed by atoms with Crippen molar-refractivity contribution in [3.63, 3.8) is 0 Å². The average Bonchev–Trinajstić information content (AvgIpc) is 2.42. The Kier molecular flexibility index (Phi) is 7.29. The molecule has 0 unspecified atom stereocenters. The standard InChI is InChI=1S/C15H13F3NO2.Y/c1-2-21-10-6-7-11(12(16)8-10)13-4-3-5-15(20)19(13)9-14(17)18;/h3,5-8,14H,2,9H2,1H3;/q-1;. The summed E-state index contributed by atoms with van der Waals surface area (Å²) in [6.07, 6.45) is -2.72. The van der Waals surface area contributed by atoms with Crippen molar-refractivity contribution in [1.29, 1.82) is 0 Å². The summed E-state index contributed by atoms with van der Waals surface area (Å²) in [5, 5.41) is 0. The van der Waals surface area contributed by atoms with E-state index in [1.165, 1.54) is 18.2 Å². The van der Waals surface area contributed by atoms with Crippen molar-refractivity contribution in [3.05, 3.63) is 52.6 Å². The van der Waals surface area contributed by atoms with E-state index in [1.807, 2.05) is 0 Å². The molecule has 0 aliphatic heterocycles. The molecule has 0 atom stereocenters. The molecule has 115 valence electrons. The van der Waals surface area contributed by atoms with Crippen molar-refractivity contribution in [3.8, 4) is 17.0 Å². The zero-order valence-corrected chi connectivity index (χ0v) is 14.7. The van der Waals surface area contributed by atoms with Gasteiger partial charge in [-0.1, -0.05) is 17.3 Å². The smallest absolute Gasteiger partial charge is 0.256 e. The third kappa shape index (κ3) is 4.43. The van der Waals surface area contributed by atoms with E-state index in [0.29, 0.717) is 12.4 Å². The van der Waals surface area contributed by atoms with E-state index >= 15 is 0 Å². The van der Waals surface area contributed by atoms with E-state index in [9.17, 15) is 18.0 Å². The first-order valence-corrected chi connectivity index (χ1v) is 6.35. The largest absolute Gasteiger partial charge is 0.494 e. The van der Waals surface area contributed by atoms with Gasteiger partial charge in [0, 0.05) is 38.8 Å². The van der Waals surface area contributed by atoms with E-state index in [4.69, 9.17) is 4.74 Å². The molecule has 1 heterocycles. The summed E-state index contributed by atoms with van der Waals surface area (Å²) in [5.41, 5.74) is -0.613. The molecule has 0 aliphatic carbocycles. The van der Waals surface area contributed by atoms with Crippen molar-refractivity contribution >= 4 is 0 Å². The summed E-state index contributed by atoms with van der Waals surface area (Å²) in [6, 6.07) is 9.08. The van der Waals surface area contributed by atoms with Crippen molar-refractivity contribution in [2.24, 2.45) is 0 Å².